The fraction of sp³-hybridized carbons (Fsp3) is 0.444. The molecule has 0 bridgehead atoms. The van der Waals surface area contributed by atoms with Crippen LogP contribution in [-0.4, -0.2) is 35.6 Å². The summed E-state index contributed by atoms with van der Waals surface area (Å²) in [6, 6.07) is 5.97. The number of amides is 2. The number of anilines is 1. The van der Waals surface area contributed by atoms with Crippen LogP contribution in [0.4, 0.5) is 10.5 Å². The number of aromatic nitrogens is 1. The number of rotatable bonds is 3. The summed E-state index contributed by atoms with van der Waals surface area (Å²) < 4.78 is 5.79. The van der Waals surface area contributed by atoms with Gasteiger partial charge in [0, 0.05) is 23.3 Å². The molecule has 24 heavy (non-hydrogen) atoms. The van der Waals surface area contributed by atoms with Crippen LogP contribution in [0.5, 0.6) is 0 Å². The van der Waals surface area contributed by atoms with Crippen LogP contribution in [0.2, 0.25) is 0 Å². The Morgan fingerprint density at radius 3 is 3.00 bits per heavy atom. The molecule has 3 rings (SSSR count). The maximum absolute atomic E-state index is 12.6. The summed E-state index contributed by atoms with van der Waals surface area (Å²) in [6.07, 6.45) is 0.825. The van der Waals surface area contributed by atoms with Gasteiger partial charge in [0.15, 0.2) is 0 Å². The summed E-state index contributed by atoms with van der Waals surface area (Å²) in [5.41, 5.74) is 4.34. The van der Waals surface area contributed by atoms with Crippen molar-refractivity contribution in [2.45, 2.75) is 33.3 Å². The van der Waals surface area contributed by atoms with E-state index in [1.807, 2.05) is 18.4 Å². The van der Waals surface area contributed by atoms with Gasteiger partial charge in [-0.3, -0.25) is 0 Å². The highest BCUT2D eigenvalue weighted by Crippen LogP contribution is 2.25. The first-order valence-electron chi connectivity index (χ1n) is 8.26. The molecule has 0 spiro atoms. The highest BCUT2D eigenvalue weighted by atomic mass is 32.1. The molecule has 128 valence electrons. The minimum Gasteiger partial charge on any atom is -0.367 e. The van der Waals surface area contributed by atoms with Crippen molar-refractivity contribution in [3.05, 3.63) is 45.4 Å². The van der Waals surface area contributed by atoms with E-state index in [-0.39, 0.29) is 12.1 Å². The van der Waals surface area contributed by atoms with Crippen LogP contribution in [0.3, 0.4) is 0 Å². The topological polar surface area (TPSA) is 54.5 Å². The van der Waals surface area contributed by atoms with Gasteiger partial charge < -0.3 is 15.0 Å². The monoisotopic (exact) mass is 345 g/mol. The molecule has 6 heteroatoms. The van der Waals surface area contributed by atoms with Crippen molar-refractivity contribution in [1.82, 2.24) is 9.88 Å². The van der Waals surface area contributed by atoms with E-state index in [0.717, 1.165) is 22.8 Å². The lowest BCUT2D eigenvalue weighted by atomic mass is 10.1. The smallest absolute Gasteiger partial charge is 0.322 e. The summed E-state index contributed by atoms with van der Waals surface area (Å²) in [5.74, 6) is 0. The van der Waals surface area contributed by atoms with Gasteiger partial charge in [0.05, 0.1) is 13.2 Å². The van der Waals surface area contributed by atoms with E-state index in [2.05, 4.69) is 36.3 Å². The lowest BCUT2D eigenvalue weighted by molar-refractivity contribution is -0.0136. The minimum absolute atomic E-state index is 0.0810. The number of carbonyl (C=O) groups is 1. The SMILES string of the molecule is CCc1cc(NC(=O)N2CCO[C@@H](c3nc(C)cs3)C2)ccc1C. The molecule has 1 atom stereocenters. The van der Waals surface area contributed by atoms with Gasteiger partial charge in [-0.05, 0) is 43.5 Å². The molecule has 1 aliphatic heterocycles. The number of urea groups is 1. The van der Waals surface area contributed by atoms with Crippen molar-refractivity contribution >= 4 is 23.1 Å². The van der Waals surface area contributed by atoms with Crippen molar-refractivity contribution in [1.29, 1.82) is 0 Å². The van der Waals surface area contributed by atoms with Crippen molar-refractivity contribution in [3.63, 3.8) is 0 Å². The number of carbonyl (C=O) groups excluding carboxylic acids is 1. The van der Waals surface area contributed by atoms with Gasteiger partial charge >= 0.3 is 6.03 Å². The molecule has 1 N–H and O–H groups in total. The summed E-state index contributed by atoms with van der Waals surface area (Å²) in [7, 11) is 0. The number of ether oxygens (including phenoxy) is 1. The zero-order valence-electron chi connectivity index (χ0n) is 14.3. The van der Waals surface area contributed by atoms with Crippen molar-refractivity contribution in [2.75, 3.05) is 25.0 Å². The molecule has 5 nitrogen and oxygen atoms in total. The Labute approximate surface area is 146 Å². The summed E-state index contributed by atoms with van der Waals surface area (Å²) in [4.78, 5) is 18.9. The molecule has 0 unspecified atom stereocenters. The van der Waals surface area contributed by atoms with Crippen LogP contribution >= 0.6 is 11.3 Å². The van der Waals surface area contributed by atoms with Gasteiger partial charge in [0.25, 0.3) is 0 Å². The first-order chi connectivity index (χ1) is 11.6. The van der Waals surface area contributed by atoms with Crippen molar-refractivity contribution in [2.24, 2.45) is 0 Å². The van der Waals surface area contributed by atoms with Gasteiger partial charge in [-0.15, -0.1) is 11.3 Å². The van der Waals surface area contributed by atoms with Gasteiger partial charge in [-0.2, -0.15) is 0 Å². The second-order valence-corrected chi connectivity index (χ2v) is 6.95. The molecule has 0 aliphatic carbocycles. The number of nitrogens with zero attached hydrogens (tertiary/aromatic N) is 2. The zero-order valence-corrected chi connectivity index (χ0v) is 15.2. The third kappa shape index (κ3) is 3.76. The normalized spacial score (nSPS) is 17.8. The summed E-state index contributed by atoms with van der Waals surface area (Å²) in [5, 5.41) is 5.95. The molecule has 1 aromatic heterocycles. The molecule has 2 aromatic rings. The van der Waals surface area contributed by atoms with E-state index in [4.69, 9.17) is 4.74 Å². The first-order valence-corrected chi connectivity index (χ1v) is 9.14. The predicted molar refractivity (Wildman–Crippen MR) is 96.7 cm³/mol. The van der Waals surface area contributed by atoms with Gasteiger partial charge in [0.2, 0.25) is 0 Å². The number of hydrogen-bond acceptors (Lipinski definition) is 4. The van der Waals surface area contributed by atoms with E-state index in [0.29, 0.717) is 19.7 Å². The molecule has 1 aromatic carbocycles. The van der Waals surface area contributed by atoms with Gasteiger partial charge in [0.1, 0.15) is 11.1 Å². The Morgan fingerprint density at radius 1 is 1.46 bits per heavy atom. The number of hydrogen-bond donors (Lipinski definition) is 1. The molecular weight excluding hydrogens is 322 g/mol. The Balaban J connectivity index is 1.66. The molecule has 2 heterocycles. The average molecular weight is 345 g/mol. The maximum atomic E-state index is 12.6. The van der Waals surface area contributed by atoms with Crippen molar-refractivity contribution in [3.8, 4) is 0 Å². The summed E-state index contributed by atoms with van der Waals surface area (Å²) >= 11 is 1.59. The quantitative estimate of drug-likeness (QED) is 0.917. The standard InChI is InChI=1S/C18H23N3O2S/c1-4-14-9-15(6-5-12(14)2)20-18(22)21-7-8-23-16(10-21)17-19-13(3)11-24-17/h5-6,9,11,16H,4,7-8,10H2,1-3H3,(H,20,22)/t16-/m1/s1. The molecule has 0 saturated carbocycles. The Bertz CT molecular complexity index is 729. The fourth-order valence-electron chi connectivity index (χ4n) is 2.84. The lowest BCUT2D eigenvalue weighted by Crippen LogP contribution is -2.44. The fourth-order valence-corrected chi connectivity index (χ4v) is 3.67. The molecule has 2 amide bonds. The van der Waals surface area contributed by atoms with E-state index < -0.39 is 0 Å². The van der Waals surface area contributed by atoms with Crippen LogP contribution in [0.15, 0.2) is 23.6 Å². The van der Waals surface area contributed by atoms with Crippen molar-refractivity contribution < 1.29 is 9.53 Å². The molecule has 1 aliphatic rings. The second kappa shape index (κ2) is 7.32. The van der Waals surface area contributed by atoms with E-state index >= 15 is 0 Å². The van der Waals surface area contributed by atoms with Crippen LogP contribution in [0, 0.1) is 13.8 Å². The van der Waals surface area contributed by atoms with E-state index in [1.165, 1.54) is 11.1 Å². The Hall–Kier alpha value is -1.92. The van der Waals surface area contributed by atoms with E-state index in [1.54, 1.807) is 16.2 Å². The second-order valence-electron chi connectivity index (χ2n) is 6.06. The number of benzene rings is 1. The Kier molecular flexibility index (Phi) is 5.16. The largest absolute Gasteiger partial charge is 0.367 e. The predicted octanol–water partition coefficient (Wildman–Crippen LogP) is 3.93. The minimum atomic E-state index is -0.132. The Morgan fingerprint density at radius 2 is 2.29 bits per heavy atom. The first kappa shape index (κ1) is 16.9. The lowest BCUT2D eigenvalue weighted by Gasteiger charge is -2.32. The number of morpholine rings is 1. The molecular formula is C18H23N3O2S. The molecule has 1 fully saturated rings. The average Bonchev–Trinajstić information content (AvgIpc) is 3.03. The van der Waals surface area contributed by atoms with E-state index in [9.17, 15) is 4.79 Å². The van der Waals surface area contributed by atoms with Crippen LogP contribution in [-0.2, 0) is 11.2 Å². The highest BCUT2D eigenvalue weighted by Gasteiger charge is 2.27. The van der Waals surface area contributed by atoms with Crippen LogP contribution in [0.25, 0.3) is 0 Å². The molecule has 1 saturated heterocycles. The maximum Gasteiger partial charge on any atom is 0.322 e. The zero-order chi connectivity index (χ0) is 17.1. The van der Waals surface area contributed by atoms with Crippen LogP contribution in [0.1, 0.15) is 34.9 Å². The summed E-state index contributed by atoms with van der Waals surface area (Å²) in [6.45, 7) is 7.84. The van der Waals surface area contributed by atoms with Gasteiger partial charge in [-0.1, -0.05) is 13.0 Å². The number of aryl methyl sites for hydroxylation is 3. The number of nitrogens with one attached hydrogen (secondary N) is 1. The third-order valence-electron chi connectivity index (χ3n) is 4.25. The third-order valence-corrected chi connectivity index (χ3v) is 5.30. The molecule has 0 radical (unpaired) electrons. The highest BCUT2D eigenvalue weighted by molar-refractivity contribution is 7.09. The number of thiazole rings is 1. The van der Waals surface area contributed by atoms with Crippen LogP contribution < -0.4 is 5.32 Å². The van der Waals surface area contributed by atoms with Gasteiger partial charge in [-0.25, -0.2) is 9.78 Å².